The number of aromatic carboxylic acids is 1. The van der Waals surface area contributed by atoms with Crippen molar-refractivity contribution in [2.24, 2.45) is 0 Å². The highest BCUT2D eigenvalue weighted by Gasteiger charge is 2.19. The summed E-state index contributed by atoms with van der Waals surface area (Å²) in [5.74, 6) is -2.76. The molecule has 1 aromatic carbocycles. The summed E-state index contributed by atoms with van der Waals surface area (Å²) in [4.78, 5) is 39.3. The summed E-state index contributed by atoms with van der Waals surface area (Å²) in [5.41, 5.74) is -0.0520. The van der Waals surface area contributed by atoms with Crippen molar-refractivity contribution in [3.63, 3.8) is 0 Å². The summed E-state index contributed by atoms with van der Waals surface area (Å²) in [6, 6.07) is 8.68. The van der Waals surface area contributed by atoms with Crippen molar-refractivity contribution in [2.45, 2.75) is 45.4 Å². The van der Waals surface area contributed by atoms with Gasteiger partial charge in [0.15, 0.2) is 0 Å². The van der Waals surface area contributed by atoms with Gasteiger partial charge in [-0.25, -0.2) is 14.6 Å². The molecular formula is C24H28N2O6. The van der Waals surface area contributed by atoms with Gasteiger partial charge in [0.2, 0.25) is 0 Å². The quantitative estimate of drug-likeness (QED) is 0.300. The Morgan fingerprint density at radius 2 is 1.75 bits per heavy atom. The van der Waals surface area contributed by atoms with Gasteiger partial charge >= 0.3 is 11.9 Å². The van der Waals surface area contributed by atoms with E-state index in [1.807, 2.05) is 0 Å². The number of aromatic nitrogens is 1. The Morgan fingerprint density at radius 1 is 1.03 bits per heavy atom. The summed E-state index contributed by atoms with van der Waals surface area (Å²) in [7, 11) is 0. The van der Waals surface area contributed by atoms with Crippen LogP contribution in [0.5, 0.6) is 5.75 Å². The van der Waals surface area contributed by atoms with Crippen molar-refractivity contribution in [3.05, 3.63) is 59.9 Å². The summed E-state index contributed by atoms with van der Waals surface area (Å²) in [6.45, 7) is 6.10. The SMILES string of the molecule is C=C(C(=O)O)c1nc(C(=O)Nc2cccc(C(=O)O)c2)ccc1OCCCCCCCC. The van der Waals surface area contributed by atoms with Crippen molar-refractivity contribution in [2.75, 3.05) is 11.9 Å². The molecule has 3 N–H and O–H groups in total. The van der Waals surface area contributed by atoms with E-state index in [1.54, 1.807) is 6.07 Å². The maximum atomic E-state index is 12.6. The lowest BCUT2D eigenvalue weighted by molar-refractivity contribution is -0.130. The smallest absolute Gasteiger partial charge is 0.337 e. The lowest BCUT2D eigenvalue weighted by atomic mass is 10.1. The molecule has 1 amide bonds. The molecule has 0 bridgehead atoms. The number of nitrogens with zero attached hydrogens (tertiary/aromatic N) is 1. The standard InChI is InChI=1S/C24H28N2O6/c1-3-4-5-6-7-8-14-32-20-13-12-19(26-21(20)16(2)23(28)29)22(27)25-18-11-9-10-17(15-18)24(30)31/h9-13,15H,2-8,14H2,1H3,(H,25,27)(H,28,29)(H,30,31). The highest BCUT2D eigenvalue weighted by molar-refractivity contribution is 6.15. The third-order valence-electron chi connectivity index (χ3n) is 4.76. The van der Waals surface area contributed by atoms with Crippen LogP contribution in [0.25, 0.3) is 5.57 Å². The van der Waals surface area contributed by atoms with Crippen LogP contribution < -0.4 is 10.1 Å². The van der Waals surface area contributed by atoms with Crippen molar-refractivity contribution in [1.82, 2.24) is 4.98 Å². The molecule has 32 heavy (non-hydrogen) atoms. The van der Waals surface area contributed by atoms with E-state index in [-0.39, 0.29) is 34.0 Å². The molecule has 0 aliphatic rings. The number of unbranched alkanes of at least 4 members (excludes halogenated alkanes) is 5. The van der Waals surface area contributed by atoms with Crippen LogP contribution in [0, 0.1) is 0 Å². The zero-order valence-corrected chi connectivity index (χ0v) is 18.1. The minimum absolute atomic E-state index is 0.0181. The van der Waals surface area contributed by atoms with Gasteiger partial charge < -0.3 is 20.3 Å². The molecule has 0 saturated carbocycles. The number of amides is 1. The molecule has 1 aromatic heterocycles. The molecular weight excluding hydrogens is 412 g/mol. The molecule has 0 aliphatic heterocycles. The fourth-order valence-electron chi connectivity index (χ4n) is 3.00. The molecule has 0 saturated heterocycles. The number of rotatable bonds is 13. The highest BCUT2D eigenvalue weighted by Crippen LogP contribution is 2.25. The van der Waals surface area contributed by atoms with E-state index in [4.69, 9.17) is 9.84 Å². The van der Waals surface area contributed by atoms with E-state index < -0.39 is 17.8 Å². The number of carbonyl (C=O) groups excluding carboxylic acids is 1. The minimum Gasteiger partial charge on any atom is -0.491 e. The second-order valence-corrected chi connectivity index (χ2v) is 7.28. The summed E-state index contributed by atoms with van der Waals surface area (Å²) in [6.07, 6.45) is 6.51. The zero-order valence-electron chi connectivity index (χ0n) is 18.1. The monoisotopic (exact) mass is 440 g/mol. The fraction of sp³-hybridized carbons (Fsp3) is 0.333. The van der Waals surface area contributed by atoms with Crippen LogP contribution in [0.2, 0.25) is 0 Å². The Kier molecular flexibility index (Phi) is 9.41. The molecule has 0 spiro atoms. The number of carboxylic acid groups (broad SMARTS) is 2. The average Bonchev–Trinajstić information content (AvgIpc) is 2.78. The number of carbonyl (C=O) groups is 3. The summed E-state index contributed by atoms with van der Waals surface area (Å²) < 4.78 is 5.73. The van der Waals surface area contributed by atoms with E-state index in [9.17, 15) is 19.5 Å². The summed E-state index contributed by atoms with van der Waals surface area (Å²) in [5, 5.41) is 21.0. The maximum absolute atomic E-state index is 12.6. The number of pyridine rings is 1. The molecule has 2 rings (SSSR count). The van der Waals surface area contributed by atoms with Crippen molar-refractivity contribution in [3.8, 4) is 5.75 Å². The first kappa shape index (κ1) is 24.6. The van der Waals surface area contributed by atoms with Crippen LogP contribution in [0.3, 0.4) is 0 Å². The number of hydrogen-bond donors (Lipinski definition) is 3. The Morgan fingerprint density at radius 3 is 2.44 bits per heavy atom. The second kappa shape index (κ2) is 12.2. The Bertz CT molecular complexity index is 986. The molecule has 0 unspecified atom stereocenters. The third-order valence-corrected chi connectivity index (χ3v) is 4.76. The average molecular weight is 440 g/mol. The predicted molar refractivity (Wildman–Crippen MR) is 121 cm³/mol. The molecule has 1 heterocycles. The lowest BCUT2D eigenvalue weighted by Crippen LogP contribution is -2.16. The van der Waals surface area contributed by atoms with Gasteiger partial charge in [0.1, 0.15) is 17.1 Å². The van der Waals surface area contributed by atoms with Gasteiger partial charge in [-0.1, -0.05) is 51.7 Å². The third kappa shape index (κ3) is 7.23. The zero-order chi connectivity index (χ0) is 23.5. The van der Waals surface area contributed by atoms with Crippen LogP contribution in [0.15, 0.2) is 43.0 Å². The fourth-order valence-corrected chi connectivity index (χ4v) is 3.00. The largest absolute Gasteiger partial charge is 0.491 e. The first-order chi connectivity index (χ1) is 15.3. The number of hydrogen-bond acceptors (Lipinski definition) is 5. The first-order valence-corrected chi connectivity index (χ1v) is 10.5. The van der Waals surface area contributed by atoms with Crippen molar-refractivity contribution >= 4 is 29.1 Å². The van der Waals surface area contributed by atoms with Crippen molar-refractivity contribution < 1.29 is 29.3 Å². The normalized spacial score (nSPS) is 10.4. The van der Waals surface area contributed by atoms with Gasteiger partial charge in [-0.05, 0) is 36.8 Å². The van der Waals surface area contributed by atoms with Gasteiger partial charge in [0.25, 0.3) is 5.91 Å². The van der Waals surface area contributed by atoms with Crippen molar-refractivity contribution in [1.29, 1.82) is 0 Å². The minimum atomic E-state index is -1.27. The van der Waals surface area contributed by atoms with Gasteiger partial charge in [-0.2, -0.15) is 0 Å². The van der Waals surface area contributed by atoms with Crippen LogP contribution >= 0.6 is 0 Å². The number of nitrogens with one attached hydrogen (secondary N) is 1. The molecule has 0 atom stereocenters. The number of benzene rings is 1. The summed E-state index contributed by atoms with van der Waals surface area (Å²) >= 11 is 0. The van der Waals surface area contributed by atoms with E-state index in [2.05, 4.69) is 23.8 Å². The Hall–Kier alpha value is -3.68. The van der Waals surface area contributed by atoms with E-state index in [0.29, 0.717) is 6.61 Å². The number of ether oxygens (including phenoxy) is 1. The van der Waals surface area contributed by atoms with Gasteiger partial charge in [-0.15, -0.1) is 0 Å². The van der Waals surface area contributed by atoms with Crippen LogP contribution in [-0.4, -0.2) is 39.6 Å². The van der Waals surface area contributed by atoms with Crippen LogP contribution in [0.1, 0.15) is 72.0 Å². The predicted octanol–water partition coefficient (Wildman–Crippen LogP) is 4.87. The molecule has 0 aliphatic carbocycles. The molecule has 0 fully saturated rings. The highest BCUT2D eigenvalue weighted by atomic mass is 16.5. The molecule has 8 heteroatoms. The van der Waals surface area contributed by atoms with Gasteiger partial charge in [0, 0.05) is 5.69 Å². The number of anilines is 1. The Labute approximate surface area is 186 Å². The van der Waals surface area contributed by atoms with E-state index >= 15 is 0 Å². The van der Waals surface area contributed by atoms with E-state index in [0.717, 1.165) is 19.3 Å². The molecule has 8 nitrogen and oxygen atoms in total. The Balaban J connectivity index is 2.12. The van der Waals surface area contributed by atoms with Crippen LogP contribution in [-0.2, 0) is 4.79 Å². The molecule has 0 radical (unpaired) electrons. The number of aliphatic carboxylic acids is 1. The number of carboxylic acids is 2. The molecule has 170 valence electrons. The van der Waals surface area contributed by atoms with Gasteiger partial charge in [-0.3, -0.25) is 4.79 Å². The van der Waals surface area contributed by atoms with Gasteiger partial charge in [0.05, 0.1) is 17.7 Å². The van der Waals surface area contributed by atoms with Crippen LogP contribution in [0.4, 0.5) is 5.69 Å². The topological polar surface area (TPSA) is 126 Å². The maximum Gasteiger partial charge on any atom is 0.337 e. The second-order valence-electron chi connectivity index (χ2n) is 7.28. The first-order valence-electron chi connectivity index (χ1n) is 10.5. The molecule has 2 aromatic rings. The van der Waals surface area contributed by atoms with E-state index in [1.165, 1.54) is 49.6 Å². The lowest BCUT2D eigenvalue weighted by Gasteiger charge is -2.13.